The number of rotatable bonds is 4. The van der Waals surface area contributed by atoms with Crippen LogP contribution in [-0.4, -0.2) is 16.7 Å². The maximum atomic E-state index is 9.50. The number of nitrogens with one attached hydrogen (secondary N) is 1. The Morgan fingerprint density at radius 2 is 1.72 bits per heavy atom. The number of aryl methyl sites for hydroxylation is 2. The second-order valence-electron chi connectivity index (χ2n) is 4.43. The fourth-order valence-electron chi connectivity index (χ4n) is 2.04. The summed E-state index contributed by atoms with van der Waals surface area (Å²) >= 11 is 0. The van der Waals surface area contributed by atoms with Gasteiger partial charge in [0.05, 0.1) is 12.6 Å². The minimum absolute atomic E-state index is 0.0600. The van der Waals surface area contributed by atoms with Gasteiger partial charge in [0.15, 0.2) is 0 Å². The molecule has 18 heavy (non-hydrogen) atoms. The fourth-order valence-corrected chi connectivity index (χ4v) is 2.04. The Kier molecular flexibility index (Phi) is 3.95. The molecule has 1 heterocycles. The molecule has 3 nitrogen and oxygen atoms in total. The zero-order valence-electron chi connectivity index (χ0n) is 10.7. The number of anilines is 1. The van der Waals surface area contributed by atoms with Gasteiger partial charge in [0.2, 0.25) is 0 Å². The molecule has 0 radical (unpaired) electrons. The van der Waals surface area contributed by atoms with Gasteiger partial charge in [-0.2, -0.15) is 0 Å². The van der Waals surface area contributed by atoms with Crippen LogP contribution in [0.5, 0.6) is 0 Å². The summed E-state index contributed by atoms with van der Waals surface area (Å²) in [6, 6.07) is 13.8. The lowest BCUT2D eigenvalue weighted by Crippen LogP contribution is -2.15. The average Bonchev–Trinajstić information content (AvgIpc) is 2.36. The zero-order chi connectivity index (χ0) is 13.0. The Morgan fingerprint density at radius 3 is 2.28 bits per heavy atom. The SMILES string of the molecule is Cc1cc(NC(CO)c2ccccc2)cc(C)n1. The second kappa shape index (κ2) is 5.65. The first kappa shape index (κ1) is 12.6. The van der Waals surface area contributed by atoms with Crippen LogP contribution in [-0.2, 0) is 0 Å². The molecule has 1 atom stereocenters. The van der Waals surface area contributed by atoms with Crippen molar-refractivity contribution in [1.29, 1.82) is 0 Å². The van der Waals surface area contributed by atoms with E-state index in [0.717, 1.165) is 22.6 Å². The van der Waals surface area contributed by atoms with Crippen molar-refractivity contribution < 1.29 is 5.11 Å². The molecule has 0 saturated heterocycles. The lowest BCUT2D eigenvalue weighted by molar-refractivity contribution is 0.276. The van der Waals surface area contributed by atoms with Crippen LogP contribution < -0.4 is 5.32 Å². The molecular weight excluding hydrogens is 224 g/mol. The van der Waals surface area contributed by atoms with Gasteiger partial charge in [0, 0.05) is 17.1 Å². The van der Waals surface area contributed by atoms with E-state index in [1.165, 1.54) is 0 Å². The van der Waals surface area contributed by atoms with Crippen molar-refractivity contribution in [3.8, 4) is 0 Å². The molecule has 0 bridgehead atoms. The van der Waals surface area contributed by atoms with Gasteiger partial charge in [-0.05, 0) is 31.5 Å². The zero-order valence-corrected chi connectivity index (χ0v) is 10.7. The third-order valence-corrected chi connectivity index (χ3v) is 2.81. The van der Waals surface area contributed by atoms with E-state index in [0.29, 0.717) is 0 Å². The van der Waals surface area contributed by atoms with E-state index in [1.54, 1.807) is 0 Å². The number of aliphatic hydroxyl groups excluding tert-OH is 1. The number of aliphatic hydroxyl groups is 1. The standard InChI is InChI=1S/C15H18N2O/c1-11-8-14(9-12(2)16-11)17-15(10-18)13-6-4-3-5-7-13/h3-9,15,18H,10H2,1-2H3,(H,16,17). The summed E-state index contributed by atoms with van der Waals surface area (Å²) in [6.45, 7) is 3.99. The predicted molar refractivity (Wildman–Crippen MR) is 73.6 cm³/mol. The van der Waals surface area contributed by atoms with Crippen molar-refractivity contribution in [2.24, 2.45) is 0 Å². The van der Waals surface area contributed by atoms with Gasteiger partial charge in [-0.1, -0.05) is 30.3 Å². The van der Waals surface area contributed by atoms with E-state index in [1.807, 2.05) is 56.3 Å². The van der Waals surface area contributed by atoms with Crippen molar-refractivity contribution in [2.45, 2.75) is 19.9 Å². The fraction of sp³-hybridized carbons (Fsp3) is 0.267. The highest BCUT2D eigenvalue weighted by molar-refractivity contribution is 5.47. The molecule has 0 spiro atoms. The normalized spacial score (nSPS) is 12.2. The van der Waals surface area contributed by atoms with Crippen molar-refractivity contribution in [1.82, 2.24) is 4.98 Å². The summed E-state index contributed by atoms with van der Waals surface area (Å²) in [6.07, 6.45) is 0. The van der Waals surface area contributed by atoms with Crippen LogP contribution in [0.25, 0.3) is 0 Å². The Morgan fingerprint density at radius 1 is 1.11 bits per heavy atom. The molecule has 0 aliphatic carbocycles. The molecule has 1 aromatic heterocycles. The average molecular weight is 242 g/mol. The van der Waals surface area contributed by atoms with Crippen LogP contribution in [0, 0.1) is 13.8 Å². The lowest BCUT2D eigenvalue weighted by atomic mass is 10.1. The van der Waals surface area contributed by atoms with E-state index in [9.17, 15) is 5.11 Å². The molecule has 0 aliphatic heterocycles. The smallest absolute Gasteiger partial charge is 0.0745 e. The van der Waals surface area contributed by atoms with E-state index >= 15 is 0 Å². The first-order chi connectivity index (χ1) is 8.69. The van der Waals surface area contributed by atoms with Gasteiger partial charge in [-0.25, -0.2) is 0 Å². The molecular formula is C15H18N2O. The highest BCUT2D eigenvalue weighted by atomic mass is 16.3. The van der Waals surface area contributed by atoms with E-state index in [-0.39, 0.29) is 12.6 Å². The van der Waals surface area contributed by atoms with Crippen molar-refractivity contribution >= 4 is 5.69 Å². The predicted octanol–water partition coefficient (Wildman–Crippen LogP) is 2.84. The Hall–Kier alpha value is -1.87. The van der Waals surface area contributed by atoms with E-state index in [2.05, 4.69) is 10.3 Å². The molecule has 2 N–H and O–H groups in total. The van der Waals surface area contributed by atoms with Crippen LogP contribution in [0.4, 0.5) is 5.69 Å². The summed E-state index contributed by atoms with van der Waals surface area (Å²) < 4.78 is 0. The molecule has 2 rings (SSSR count). The summed E-state index contributed by atoms with van der Waals surface area (Å²) in [5, 5.41) is 12.8. The van der Waals surface area contributed by atoms with E-state index < -0.39 is 0 Å². The Bertz CT molecular complexity index is 491. The van der Waals surface area contributed by atoms with Gasteiger partial charge in [0.25, 0.3) is 0 Å². The minimum Gasteiger partial charge on any atom is -0.394 e. The number of hydrogen-bond acceptors (Lipinski definition) is 3. The molecule has 1 unspecified atom stereocenters. The maximum Gasteiger partial charge on any atom is 0.0745 e. The van der Waals surface area contributed by atoms with Gasteiger partial charge >= 0.3 is 0 Å². The van der Waals surface area contributed by atoms with Gasteiger partial charge < -0.3 is 10.4 Å². The van der Waals surface area contributed by atoms with Crippen LogP contribution in [0.2, 0.25) is 0 Å². The number of pyridine rings is 1. The quantitative estimate of drug-likeness (QED) is 0.866. The first-order valence-corrected chi connectivity index (χ1v) is 6.06. The number of aromatic nitrogens is 1. The number of hydrogen-bond donors (Lipinski definition) is 2. The Labute approximate surface area is 108 Å². The molecule has 0 saturated carbocycles. The minimum atomic E-state index is -0.0904. The topological polar surface area (TPSA) is 45.1 Å². The van der Waals surface area contributed by atoms with Gasteiger partial charge in [-0.3, -0.25) is 4.98 Å². The van der Waals surface area contributed by atoms with Crippen LogP contribution in [0.3, 0.4) is 0 Å². The summed E-state index contributed by atoms with van der Waals surface area (Å²) in [5.74, 6) is 0. The summed E-state index contributed by atoms with van der Waals surface area (Å²) in [5.41, 5.74) is 4.01. The van der Waals surface area contributed by atoms with Crippen LogP contribution in [0.15, 0.2) is 42.5 Å². The lowest BCUT2D eigenvalue weighted by Gasteiger charge is -2.18. The third kappa shape index (κ3) is 3.08. The molecule has 0 amide bonds. The first-order valence-electron chi connectivity index (χ1n) is 6.06. The highest BCUT2D eigenvalue weighted by Gasteiger charge is 2.09. The van der Waals surface area contributed by atoms with Crippen LogP contribution >= 0.6 is 0 Å². The van der Waals surface area contributed by atoms with Crippen molar-refractivity contribution in [3.63, 3.8) is 0 Å². The maximum absolute atomic E-state index is 9.50. The number of nitrogens with zero attached hydrogens (tertiary/aromatic N) is 1. The molecule has 0 fully saturated rings. The number of benzene rings is 1. The highest BCUT2D eigenvalue weighted by Crippen LogP contribution is 2.20. The summed E-state index contributed by atoms with van der Waals surface area (Å²) in [7, 11) is 0. The molecule has 94 valence electrons. The van der Waals surface area contributed by atoms with Gasteiger partial charge in [-0.15, -0.1) is 0 Å². The second-order valence-corrected chi connectivity index (χ2v) is 4.43. The van der Waals surface area contributed by atoms with Crippen molar-refractivity contribution in [3.05, 3.63) is 59.4 Å². The van der Waals surface area contributed by atoms with Gasteiger partial charge in [0.1, 0.15) is 0 Å². The van der Waals surface area contributed by atoms with Crippen molar-refractivity contribution in [2.75, 3.05) is 11.9 Å². The molecule has 1 aromatic carbocycles. The third-order valence-electron chi connectivity index (χ3n) is 2.81. The molecule has 3 heteroatoms. The monoisotopic (exact) mass is 242 g/mol. The molecule has 0 aliphatic rings. The largest absolute Gasteiger partial charge is 0.394 e. The molecule has 2 aromatic rings. The van der Waals surface area contributed by atoms with Crippen LogP contribution in [0.1, 0.15) is 23.0 Å². The summed E-state index contributed by atoms with van der Waals surface area (Å²) in [4.78, 5) is 4.34. The Balaban J connectivity index is 2.20. The van der Waals surface area contributed by atoms with E-state index in [4.69, 9.17) is 0 Å².